The topological polar surface area (TPSA) is 91.8 Å². The number of hydrogen-bond donors (Lipinski definition) is 2. The van der Waals surface area contributed by atoms with Gasteiger partial charge in [0.15, 0.2) is 6.61 Å². The van der Waals surface area contributed by atoms with E-state index < -0.39 is 42.4 Å². The van der Waals surface area contributed by atoms with E-state index in [0.717, 1.165) is 16.7 Å². The molecule has 1 heterocycles. The van der Waals surface area contributed by atoms with Crippen molar-refractivity contribution in [2.75, 3.05) is 6.61 Å². The van der Waals surface area contributed by atoms with Gasteiger partial charge < -0.3 is 15.2 Å². The van der Waals surface area contributed by atoms with Gasteiger partial charge in [-0.05, 0) is 45.4 Å². The zero-order chi connectivity index (χ0) is 24.8. The minimum Gasteiger partial charge on any atom is -0.483 e. The van der Waals surface area contributed by atoms with Crippen molar-refractivity contribution in [2.45, 2.75) is 57.9 Å². The highest BCUT2D eigenvalue weighted by Gasteiger charge is 2.38. The standard InChI is InChI=1S/C23H28F3N3O4/c1-15(18-11-10-17(13-27-18)33-14-23(24,25)26)28-20(30)19(12-16-8-6-5-7-9-16)29(21(31)32)22(2,3)4/h5-11,13,15,19H,12,14H2,1-4H3,(H,28,30)(H,31,32)/t15-,19+/m1/s1. The number of carboxylic acid groups (broad SMARTS) is 1. The SMILES string of the molecule is C[C@@H](NC(=O)[C@H](Cc1ccccc1)N(C(=O)O)C(C)(C)C)c1ccc(OCC(F)(F)F)cn1. The summed E-state index contributed by atoms with van der Waals surface area (Å²) in [5.74, 6) is -0.566. The van der Waals surface area contributed by atoms with Crippen molar-refractivity contribution in [1.82, 2.24) is 15.2 Å². The highest BCUT2D eigenvalue weighted by Crippen LogP contribution is 2.23. The van der Waals surface area contributed by atoms with Crippen LogP contribution in [0.25, 0.3) is 0 Å². The normalized spacial score (nSPS) is 13.7. The lowest BCUT2D eigenvalue weighted by atomic mass is 9.97. The first kappa shape index (κ1) is 26.0. The van der Waals surface area contributed by atoms with Crippen molar-refractivity contribution >= 4 is 12.0 Å². The molecule has 0 radical (unpaired) electrons. The molecular weight excluding hydrogens is 439 g/mol. The first-order valence-electron chi connectivity index (χ1n) is 10.3. The van der Waals surface area contributed by atoms with Gasteiger partial charge in [0.05, 0.1) is 17.9 Å². The Morgan fingerprint density at radius 1 is 1.12 bits per heavy atom. The van der Waals surface area contributed by atoms with Crippen LogP contribution in [0.2, 0.25) is 0 Å². The third kappa shape index (κ3) is 7.96. The van der Waals surface area contributed by atoms with Gasteiger partial charge in [-0.1, -0.05) is 30.3 Å². The molecule has 0 aliphatic heterocycles. The smallest absolute Gasteiger partial charge is 0.422 e. The minimum absolute atomic E-state index is 0.0543. The number of rotatable bonds is 8. The lowest BCUT2D eigenvalue weighted by Gasteiger charge is -2.39. The zero-order valence-electron chi connectivity index (χ0n) is 18.9. The highest BCUT2D eigenvalue weighted by molar-refractivity contribution is 5.86. The second kappa shape index (κ2) is 10.5. The molecule has 0 fully saturated rings. The van der Waals surface area contributed by atoms with Crippen molar-refractivity contribution in [3.8, 4) is 5.75 Å². The van der Waals surface area contributed by atoms with Crippen LogP contribution in [0.1, 0.15) is 45.0 Å². The quantitative estimate of drug-likeness (QED) is 0.593. The molecule has 2 aromatic rings. The molecule has 0 bridgehead atoms. The van der Waals surface area contributed by atoms with E-state index >= 15 is 0 Å². The lowest BCUT2D eigenvalue weighted by Crippen LogP contribution is -2.57. The van der Waals surface area contributed by atoms with Gasteiger partial charge in [-0.25, -0.2) is 4.79 Å². The van der Waals surface area contributed by atoms with Crippen LogP contribution in [0, 0.1) is 0 Å². The Hall–Kier alpha value is -3.30. The fourth-order valence-electron chi connectivity index (χ4n) is 3.31. The summed E-state index contributed by atoms with van der Waals surface area (Å²) in [5, 5.41) is 12.6. The third-order valence-electron chi connectivity index (χ3n) is 4.78. The first-order valence-corrected chi connectivity index (χ1v) is 10.3. The summed E-state index contributed by atoms with van der Waals surface area (Å²) in [6, 6.07) is 10.2. The number of halogens is 3. The number of carbonyl (C=O) groups is 2. The number of aromatic nitrogens is 1. The lowest BCUT2D eigenvalue weighted by molar-refractivity contribution is -0.153. The van der Waals surface area contributed by atoms with Crippen LogP contribution in [0.3, 0.4) is 0 Å². The van der Waals surface area contributed by atoms with Crippen molar-refractivity contribution in [1.29, 1.82) is 0 Å². The van der Waals surface area contributed by atoms with Crippen LogP contribution in [0.15, 0.2) is 48.7 Å². The van der Waals surface area contributed by atoms with Gasteiger partial charge in [0.25, 0.3) is 0 Å². The van der Waals surface area contributed by atoms with Gasteiger partial charge in [0, 0.05) is 12.0 Å². The molecule has 2 amide bonds. The Bertz CT molecular complexity index is 929. The van der Waals surface area contributed by atoms with E-state index in [0.29, 0.717) is 5.69 Å². The molecule has 180 valence electrons. The van der Waals surface area contributed by atoms with E-state index in [9.17, 15) is 27.9 Å². The van der Waals surface area contributed by atoms with Gasteiger partial charge in [0.2, 0.25) is 5.91 Å². The Labute approximate surface area is 190 Å². The monoisotopic (exact) mass is 467 g/mol. The summed E-state index contributed by atoms with van der Waals surface area (Å²) in [4.78, 5) is 30.4. The molecule has 0 saturated carbocycles. The Kier molecular flexibility index (Phi) is 8.29. The second-order valence-corrected chi connectivity index (χ2v) is 8.58. The molecule has 0 saturated heterocycles. The molecule has 33 heavy (non-hydrogen) atoms. The highest BCUT2D eigenvalue weighted by atomic mass is 19.4. The largest absolute Gasteiger partial charge is 0.483 e. The van der Waals surface area contributed by atoms with Crippen molar-refractivity contribution in [3.05, 3.63) is 59.9 Å². The molecule has 7 nitrogen and oxygen atoms in total. The number of benzene rings is 1. The van der Waals surface area contributed by atoms with Gasteiger partial charge in [-0.2, -0.15) is 13.2 Å². The van der Waals surface area contributed by atoms with E-state index in [2.05, 4.69) is 15.0 Å². The predicted octanol–water partition coefficient (Wildman–Crippen LogP) is 4.59. The van der Waals surface area contributed by atoms with Crippen LogP contribution in [0.5, 0.6) is 5.75 Å². The van der Waals surface area contributed by atoms with Crippen molar-refractivity contribution < 1.29 is 32.6 Å². The zero-order valence-corrected chi connectivity index (χ0v) is 18.9. The van der Waals surface area contributed by atoms with Gasteiger partial charge in [0.1, 0.15) is 11.8 Å². The number of ether oxygens (including phenoxy) is 1. The maximum absolute atomic E-state index is 13.2. The molecule has 0 spiro atoms. The fourth-order valence-corrected chi connectivity index (χ4v) is 3.31. The average Bonchev–Trinajstić information content (AvgIpc) is 2.71. The maximum atomic E-state index is 13.2. The van der Waals surface area contributed by atoms with Gasteiger partial charge in [-0.15, -0.1) is 0 Å². The van der Waals surface area contributed by atoms with Gasteiger partial charge >= 0.3 is 12.3 Å². The summed E-state index contributed by atoms with van der Waals surface area (Å²) < 4.78 is 41.5. The summed E-state index contributed by atoms with van der Waals surface area (Å²) in [7, 11) is 0. The Morgan fingerprint density at radius 3 is 2.24 bits per heavy atom. The molecule has 0 aliphatic carbocycles. The fraction of sp³-hybridized carbons (Fsp3) is 0.435. The van der Waals surface area contributed by atoms with Crippen LogP contribution in [0.4, 0.5) is 18.0 Å². The Morgan fingerprint density at radius 2 is 1.76 bits per heavy atom. The van der Waals surface area contributed by atoms with E-state index in [1.807, 2.05) is 18.2 Å². The molecule has 2 atom stereocenters. The molecule has 1 aromatic carbocycles. The van der Waals surface area contributed by atoms with Crippen molar-refractivity contribution in [3.63, 3.8) is 0 Å². The van der Waals surface area contributed by atoms with Crippen LogP contribution in [-0.4, -0.2) is 51.4 Å². The second-order valence-electron chi connectivity index (χ2n) is 8.58. The molecule has 0 aliphatic rings. The number of nitrogens with one attached hydrogen (secondary N) is 1. The number of pyridine rings is 1. The number of alkyl halides is 3. The molecule has 2 N–H and O–H groups in total. The van der Waals surface area contributed by atoms with E-state index in [1.54, 1.807) is 39.8 Å². The molecule has 10 heteroatoms. The van der Waals surface area contributed by atoms with E-state index in [-0.39, 0.29) is 12.2 Å². The van der Waals surface area contributed by atoms with Crippen LogP contribution in [-0.2, 0) is 11.2 Å². The minimum atomic E-state index is -4.46. The first-order chi connectivity index (χ1) is 15.3. The summed E-state index contributed by atoms with van der Waals surface area (Å²) in [6.45, 7) is 5.34. The number of carbonyl (C=O) groups excluding carboxylic acids is 1. The summed E-state index contributed by atoms with van der Waals surface area (Å²) >= 11 is 0. The molecule has 1 aromatic heterocycles. The molecular formula is C23H28F3N3O4. The van der Waals surface area contributed by atoms with E-state index in [4.69, 9.17) is 0 Å². The van der Waals surface area contributed by atoms with Crippen LogP contribution >= 0.6 is 0 Å². The third-order valence-corrected chi connectivity index (χ3v) is 4.78. The molecule has 0 unspecified atom stereocenters. The summed E-state index contributed by atoms with van der Waals surface area (Å²) in [6.07, 6.45) is -4.38. The number of hydrogen-bond acceptors (Lipinski definition) is 4. The van der Waals surface area contributed by atoms with Crippen molar-refractivity contribution in [2.24, 2.45) is 0 Å². The Balaban J connectivity index is 2.19. The summed E-state index contributed by atoms with van der Waals surface area (Å²) in [5.41, 5.74) is 0.339. The number of nitrogens with zero attached hydrogens (tertiary/aromatic N) is 2. The van der Waals surface area contributed by atoms with E-state index in [1.165, 1.54) is 12.1 Å². The van der Waals surface area contributed by atoms with Crippen LogP contribution < -0.4 is 10.1 Å². The predicted molar refractivity (Wildman–Crippen MR) is 116 cm³/mol. The number of amides is 2. The average molecular weight is 467 g/mol. The maximum Gasteiger partial charge on any atom is 0.422 e. The molecule has 2 rings (SSSR count). The van der Waals surface area contributed by atoms with Gasteiger partial charge in [-0.3, -0.25) is 14.7 Å².